The summed E-state index contributed by atoms with van der Waals surface area (Å²) >= 11 is 0. The van der Waals surface area contributed by atoms with Crippen molar-refractivity contribution in [1.82, 2.24) is 10.9 Å². The van der Waals surface area contributed by atoms with E-state index in [1.54, 1.807) is 36.4 Å². The van der Waals surface area contributed by atoms with E-state index in [9.17, 15) is 9.59 Å². The molecule has 2 rings (SSSR count). The summed E-state index contributed by atoms with van der Waals surface area (Å²) in [6.45, 7) is 3.37. The van der Waals surface area contributed by atoms with E-state index in [1.165, 1.54) is 20.3 Å². The lowest BCUT2D eigenvalue weighted by Crippen LogP contribution is -2.41. The minimum atomic E-state index is -0.488. The Bertz CT molecular complexity index is 809. The first-order valence-electron chi connectivity index (χ1n) is 8.72. The third-order valence-electron chi connectivity index (χ3n) is 3.73. The quantitative estimate of drug-likeness (QED) is 0.505. The number of amides is 2. The molecule has 0 aliphatic heterocycles. The van der Waals surface area contributed by atoms with Gasteiger partial charge in [0.05, 0.1) is 20.8 Å². The van der Waals surface area contributed by atoms with Crippen molar-refractivity contribution in [2.75, 3.05) is 34.0 Å². The molecular weight excluding hydrogens is 364 g/mol. The van der Waals surface area contributed by atoms with Crippen molar-refractivity contribution in [3.63, 3.8) is 0 Å². The van der Waals surface area contributed by atoms with E-state index < -0.39 is 11.8 Å². The molecule has 0 unspecified atom stereocenters. The van der Waals surface area contributed by atoms with Crippen LogP contribution in [0.4, 0.5) is 0 Å². The van der Waals surface area contributed by atoms with Crippen LogP contribution in [-0.2, 0) is 4.74 Å². The van der Waals surface area contributed by atoms with Gasteiger partial charge in [0, 0.05) is 17.7 Å². The summed E-state index contributed by atoms with van der Waals surface area (Å²) in [5.41, 5.74) is 5.41. The van der Waals surface area contributed by atoms with Crippen LogP contribution < -0.4 is 25.1 Å². The van der Waals surface area contributed by atoms with Crippen molar-refractivity contribution < 1.29 is 28.5 Å². The monoisotopic (exact) mass is 388 g/mol. The Kier molecular flexibility index (Phi) is 8.11. The topological polar surface area (TPSA) is 95.1 Å². The number of rotatable bonds is 9. The van der Waals surface area contributed by atoms with Crippen molar-refractivity contribution in [3.05, 3.63) is 53.6 Å². The molecule has 28 heavy (non-hydrogen) atoms. The molecule has 0 aromatic heterocycles. The first-order valence-corrected chi connectivity index (χ1v) is 8.72. The number of nitrogens with one attached hydrogen (secondary N) is 2. The summed E-state index contributed by atoms with van der Waals surface area (Å²) in [7, 11) is 2.98. The molecule has 0 atom stereocenters. The zero-order valence-electron chi connectivity index (χ0n) is 16.1. The summed E-state index contributed by atoms with van der Waals surface area (Å²) < 4.78 is 21.0. The predicted octanol–water partition coefficient (Wildman–Crippen LogP) is 2.19. The fourth-order valence-electron chi connectivity index (χ4n) is 2.33. The summed E-state index contributed by atoms with van der Waals surface area (Å²) in [4.78, 5) is 24.5. The zero-order valence-corrected chi connectivity index (χ0v) is 16.1. The largest absolute Gasteiger partial charge is 0.493 e. The fraction of sp³-hybridized carbons (Fsp3) is 0.300. The average Bonchev–Trinajstić information content (AvgIpc) is 2.74. The standard InChI is InChI=1S/C20H24N2O6/c1-4-27-10-11-28-16-7-5-6-14(12-16)19(23)21-22-20(24)15-8-9-17(25-2)18(13-15)26-3/h5-9,12-13H,4,10-11H2,1-3H3,(H,21,23)(H,22,24). The summed E-state index contributed by atoms with van der Waals surface area (Å²) in [5, 5.41) is 0. The highest BCUT2D eigenvalue weighted by molar-refractivity contribution is 5.99. The number of hydrogen-bond acceptors (Lipinski definition) is 6. The molecule has 0 aliphatic rings. The van der Waals surface area contributed by atoms with Crippen LogP contribution in [0.1, 0.15) is 27.6 Å². The number of carbonyl (C=O) groups excluding carboxylic acids is 2. The molecule has 0 fully saturated rings. The second-order valence-corrected chi connectivity index (χ2v) is 5.55. The molecule has 0 spiro atoms. The SMILES string of the molecule is CCOCCOc1cccc(C(=O)NNC(=O)c2ccc(OC)c(OC)c2)c1. The first-order chi connectivity index (χ1) is 13.6. The van der Waals surface area contributed by atoms with Gasteiger partial charge >= 0.3 is 0 Å². The first kappa shape index (κ1) is 21.0. The number of methoxy groups -OCH3 is 2. The van der Waals surface area contributed by atoms with Crippen LogP contribution in [0.25, 0.3) is 0 Å². The van der Waals surface area contributed by atoms with Crippen LogP contribution in [0.5, 0.6) is 17.2 Å². The number of hydrogen-bond donors (Lipinski definition) is 2. The molecule has 0 saturated heterocycles. The van der Waals surface area contributed by atoms with Crippen LogP contribution in [0.2, 0.25) is 0 Å². The van der Waals surface area contributed by atoms with E-state index in [2.05, 4.69) is 10.9 Å². The van der Waals surface area contributed by atoms with E-state index in [0.29, 0.717) is 48.2 Å². The second kappa shape index (κ2) is 10.8. The van der Waals surface area contributed by atoms with Gasteiger partial charge in [0.2, 0.25) is 0 Å². The molecule has 8 heteroatoms. The maximum Gasteiger partial charge on any atom is 0.269 e. The molecular formula is C20H24N2O6. The lowest BCUT2D eigenvalue weighted by molar-refractivity contribution is 0.0846. The van der Waals surface area contributed by atoms with Gasteiger partial charge < -0.3 is 18.9 Å². The summed E-state index contributed by atoms with van der Waals surface area (Å²) in [6, 6.07) is 11.3. The number of hydrazine groups is 1. The highest BCUT2D eigenvalue weighted by Crippen LogP contribution is 2.27. The zero-order chi connectivity index (χ0) is 20.4. The lowest BCUT2D eigenvalue weighted by atomic mass is 10.2. The van der Waals surface area contributed by atoms with Gasteiger partial charge in [-0.2, -0.15) is 0 Å². The van der Waals surface area contributed by atoms with Crippen LogP contribution in [0.15, 0.2) is 42.5 Å². The van der Waals surface area contributed by atoms with Crippen LogP contribution in [-0.4, -0.2) is 45.9 Å². The number of benzene rings is 2. The van der Waals surface area contributed by atoms with Gasteiger partial charge in [-0.05, 0) is 43.3 Å². The Labute approximate surface area is 163 Å². The number of ether oxygens (including phenoxy) is 4. The van der Waals surface area contributed by atoms with Crippen LogP contribution in [0, 0.1) is 0 Å². The molecule has 2 amide bonds. The molecule has 0 bridgehead atoms. The Morgan fingerprint density at radius 3 is 2.18 bits per heavy atom. The highest BCUT2D eigenvalue weighted by Gasteiger charge is 2.13. The summed E-state index contributed by atoms with van der Waals surface area (Å²) in [6.07, 6.45) is 0. The molecule has 150 valence electrons. The Morgan fingerprint density at radius 1 is 0.857 bits per heavy atom. The van der Waals surface area contributed by atoms with Crippen molar-refractivity contribution in [2.45, 2.75) is 6.92 Å². The van der Waals surface area contributed by atoms with E-state index in [1.807, 2.05) is 6.92 Å². The molecule has 0 saturated carbocycles. The van der Waals surface area contributed by atoms with Crippen molar-refractivity contribution >= 4 is 11.8 Å². The summed E-state index contributed by atoms with van der Waals surface area (Å²) in [5.74, 6) is 0.503. The average molecular weight is 388 g/mol. The van der Waals surface area contributed by atoms with Crippen molar-refractivity contribution in [2.24, 2.45) is 0 Å². The molecule has 0 radical (unpaired) electrons. The smallest absolute Gasteiger partial charge is 0.269 e. The molecule has 0 heterocycles. The lowest BCUT2D eigenvalue weighted by Gasteiger charge is -2.11. The maximum atomic E-state index is 12.3. The van der Waals surface area contributed by atoms with Gasteiger partial charge in [0.15, 0.2) is 11.5 Å². The van der Waals surface area contributed by atoms with E-state index >= 15 is 0 Å². The molecule has 0 aliphatic carbocycles. The fourth-order valence-corrected chi connectivity index (χ4v) is 2.33. The van der Waals surface area contributed by atoms with Crippen LogP contribution in [0.3, 0.4) is 0 Å². The molecule has 2 N–H and O–H groups in total. The van der Waals surface area contributed by atoms with E-state index in [4.69, 9.17) is 18.9 Å². The third-order valence-corrected chi connectivity index (χ3v) is 3.73. The van der Waals surface area contributed by atoms with Crippen molar-refractivity contribution in [3.8, 4) is 17.2 Å². The molecule has 2 aromatic carbocycles. The minimum absolute atomic E-state index is 0.311. The predicted molar refractivity (Wildman–Crippen MR) is 103 cm³/mol. The number of carbonyl (C=O) groups is 2. The van der Waals surface area contributed by atoms with E-state index in [0.717, 1.165) is 0 Å². The Morgan fingerprint density at radius 2 is 1.54 bits per heavy atom. The van der Waals surface area contributed by atoms with Gasteiger partial charge in [0.1, 0.15) is 12.4 Å². The molecule has 8 nitrogen and oxygen atoms in total. The normalized spacial score (nSPS) is 10.1. The van der Waals surface area contributed by atoms with Gasteiger partial charge in [-0.25, -0.2) is 0 Å². The van der Waals surface area contributed by atoms with E-state index in [-0.39, 0.29) is 0 Å². The highest BCUT2D eigenvalue weighted by atomic mass is 16.5. The van der Waals surface area contributed by atoms with Crippen molar-refractivity contribution in [1.29, 1.82) is 0 Å². The van der Waals surface area contributed by atoms with Gasteiger partial charge in [-0.1, -0.05) is 6.07 Å². The van der Waals surface area contributed by atoms with Gasteiger partial charge in [0.25, 0.3) is 11.8 Å². The second-order valence-electron chi connectivity index (χ2n) is 5.55. The minimum Gasteiger partial charge on any atom is -0.493 e. The van der Waals surface area contributed by atoms with Gasteiger partial charge in [-0.3, -0.25) is 20.4 Å². The Balaban J connectivity index is 1.93. The maximum absolute atomic E-state index is 12.3. The van der Waals surface area contributed by atoms with Crippen LogP contribution >= 0.6 is 0 Å². The third kappa shape index (κ3) is 5.88. The molecule has 2 aromatic rings. The Hall–Kier alpha value is -3.26. The van der Waals surface area contributed by atoms with Gasteiger partial charge in [-0.15, -0.1) is 0 Å².